The smallest absolute Gasteiger partial charge is 0.261 e. The normalized spacial score (nSPS) is 11.6. The lowest BCUT2D eigenvalue weighted by Crippen LogP contribution is -2.11. The van der Waals surface area contributed by atoms with Crippen molar-refractivity contribution in [2.24, 2.45) is 12.2 Å². The molecule has 0 saturated carbocycles. The zero-order valence-corrected chi connectivity index (χ0v) is 17.0. The van der Waals surface area contributed by atoms with E-state index in [2.05, 4.69) is 25.2 Å². The molecule has 13 heteroatoms. The molecule has 4 aromatic rings. The van der Waals surface area contributed by atoms with Crippen LogP contribution in [-0.4, -0.2) is 38.3 Å². The van der Waals surface area contributed by atoms with Crippen LogP contribution in [0.3, 0.4) is 0 Å². The molecule has 0 fully saturated rings. The molecule has 0 radical (unpaired) electrons. The fourth-order valence-corrected chi connectivity index (χ4v) is 3.32. The molecule has 0 saturated heterocycles. The molecular weight excluding hydrogens is 434 g/mol. The van der Waals surface area contributed by atoms with E-state index >= 15 is 0 Å². The van der Waals surface area contributed by atoms with Gasteiger partial charge in [-0.1, -0.05) is 17.3 Å². The Labute approximate surface area is 175 Å². The number of hydrogen-bond donors (Lipinski definition) is 1. The Kier molecular flexibility index (Phi) is 5.20. The van der Waals surface area contributed by atoms with Crippen LogP contribution >= 0.6 is 11.6 Å². The van der Waals surface area contributed by atoms with E-state index in [0.717, 1.165) is 0 Å². The number of nitrogens with two attached hydrogens (primary N) is 1. The van der Waals surface area contributed by atoms with Crippen molar-refractivity contribution in [3.05, 3.63) is 53.7 Å². The minimum absolute atomic E-state index is 0.0506. The van der Waals surface area contributed by atoms with Crippen molar-refractivity contribution in [1.82, 2.24) is 29.9 Å². The zero-order valence-electron chi connectivity index (χ0n) is 15.4. The predicted octanol–water partition coefficient (Wildman–Crippen LogP) is 1.81. The molecule has 3 aromatic heterocycles. The van der Waals surface area contributed by atoms with Crippen LogP contribution < -0.4 is 9.88 Å². The SMILES string of the molecule is Cn1ncc(-c2nc(-c3cccc(S(N)(=O)=O)c3)no2)c1COc1ccnc(Cl)n1. The highest BCUT2D eigenvalue weighted by Gasteiger charge is 2.19. The maximum atomic E-state index is 11.6. The van der Waals surface area contributed by atoms with Crippen LogP contribution in [0, 0.1) is 0 Å². The first-order chi connectivity index (χ1) is 14.3. The van der Waals surface area contributed by atoms with E-state index in [0.29, 0.717) is 22.7 Å². The Balaban J connectivity index is 1.62. The van der Waals surface area contributed by atoms with Crippen LogP contribution in [0.25, 0.3) is 22.8 Å². The number of benzene rings is 1. The number of primary sulfonamides is 1. The van der Waals surface area contributed by atoms with E-state index < -0.39 is 10.0 Å². The summed E-state index contributed by atoms with van der Waals surface area (Å²) in [6.07, 6.45) is 3.04. The summed E-state index contributed by atoms with van der Waals surface area (Å²) in [6, 6.07) is 7.52. The molecule has 1 aromatic carbocycles. The third-order valence-corrected chi connectivity index (χ3v) is 5.19. The van der Waals surface area contributed by atoms with E-state index in [1.165, 1.54) is 18.3 Å². The van der Waals surface area contributed by atoms with Crippen LogP contribution in [0.15, 0.2) is 52.1 Å². The van der Waals surface area contributed by atoms with E-state index in [9.17, 15) is 8.42 Å². The zero-order chi connectivity index (χ0) is 21.3. The number of aromatic nitrogens is 6. The van der Waals surface area contributed by atoms with Gasteiger partial charge in [0, 0.05) is 24.9 Å². The molecule has 0 aliphatic heterocycles. The van der Waals surface area contributed by atoms with Gasteiger partial charge in [0.15, 0.2) is 0 Å². The number of aryl methyl sites for hydroxylation is 1. The molecule has 0 amide bonds. The standard InChI is InChI=1S/C17H14ClN7O4S/c1-25-13(9-28-14-5-6-20-17(18)22-14)12(8-21-25)16-23-15(24-29-16)10-3-2-4-11(7-10)30(19,26)27/h2-8H,9H2,1H3,(H2,19,26,27). The van der Waals surface area contributed by atoms with Gasteiger partial charge in [0.2, 0.25) is 27.0 Å². The van der Waals surface area contributed by atoms with Crippen LogP contribution in [0.2, 0.25) is 5.28 Å². The van der Waals surface area contributed by atoms with E-state index in [1.807, 2.05) is 0 Å². The fraction of sp³-hybridized carbons (Fsp3) is 0.118. The van der Waals surface area contributed by atoms with Gasteiger partial charge in [-0.3, -0.25) is 4.68 Å². The first-order valence-electron chi connectivity index (χ1n) is 8.41. The van der Waals surface area contributed by atoms with E-state index in [4.69, 9.17) is 26.0 Å². The minimum atomic E-state index is -3.85. The molecule has 0 atom stereocenters. The second kappa shape index (κ2) is 7.82. The van der Waals surface area contributed by atoms with Gasteiger partial charge in [-0.25, -0.2) is 18.5 Å². The topological polar surface area (TPSA) is 152 Å². The fourth-order valence-electron chi connectivity index (χ4n) is 2.62. The number of sulfonamides is 1. The van der Waals surface area contributed by atoms with Gasteiger partial charge >= 0.3 is 0 Å². The summed E-state index contributed by atoms with van der Waals surface area (Å²) in [4.78, 5) is 12.1. The molecule has 0 aliphatic rings. The van der Waals surface area contributed by atoms with Gasteiger partial charge in [-0.05, 0) is 23.7 Å². The molecular formula is C17H14ClN7O4S. The molecule has 0 unspecified atom stereocenters. The lowest BCUT2D eigenvalue weighted by molar-refractivity contribution is 0.283. The van der Waals surface area contributed by atoms with Crippen molar-refractivity contribution in [2.45, 2.75) is 11.5 Å². The highest BCUT2D eigenvalue weighted by molar-refractivity contribution is 7.89. The summed E-state index contributed by atoms with van der Waals surface area (Å²) in [6.45, 7) is 0.109. The van der Waals surface area contributed by atoms with Gasteiger partial charge < -0.3 is 9.26 Å². The molecule has 154 valence electrons. The average Bonchev–Trinajstić information content (AvgIpc) is 3.33. The van der Waals surface area contributed by atoms with E-state index in [1.54, 1.807) is 36.1 Å². The van der Waals surface area contributed by atoms with E-state index in [-0.39, 0.29) is 28.5 Å². The molecule has 2 N–H and O–H groups in total. The van der Waals surface area contributed by atoms with Gasteiger partial charge in [-0.2, -0.15) is 15.1 Å². The average molecular weight is 448 g/mol. The van der Waals surface area contributed by atoms with Crippen molar-refractivity contribution in [2.75, 3.05) is 0 Å². The number of ether oxygens (including phenoxy) is 1. The quantitative estimate of drug-likeness (QED) is 0.436. The number of nitrogens with zero attached hydrogens (tertiary/aromatic N) is 6. The number of hydrogen-bond acceptors (Lipinski definition) is 9. The van der Waals surface area contributed by atoms with Crippen molar-refractivity contribution in [1.29, 1.82) is 0 Å². The largest absolute Gasteiger partial charge is 0.471 e. The summed E-state index contributed by atoms with van der Waals surface area (Å²) < 4.78 is 35.8. The van der Waals surface area contributed by atoms with Gasteiger partial charge in [0.05, 0.1) is 22.3 Å². The van der Waals surface area contributed by atoms with Crippen LogP contribution in [0.5, 0.6) is 5.88 Å². The highest BCUT2D eigenvalue weighted by atomic mass is 35.5. The Hall–Kier alpha value is -3.35. The Morgan fingerprint density at radius 1 is 1.27 bits per heavy atom. The van der Waals surface area contributed by atoms with Crippen molar-refractivity contribution >= 4 is 21.6 Å². The molecule has 0 spiro atoms. The summed E-state index contributed by atoms with van der Waals surface area (Å²) in [5.41, 5.74) is 1.64. The monoisotopic (exact) mass is 447 g/mol. The van der Waals surface area contributed by atoms with Gasteiger partial charge in [0.25, 0.3) is 5.89 Å². The van der Waals surface area contributed by atoms with Crippen molar-refractivity contribution < 1.29 is 17.7 Å². The number of rotatable bonds is 6. The number of halogens is 1. The molecule has 30 heavy (non-hydrogen) atoms. The maximum absolute atomic E-state index is 11.6. The first-order valence-corrected chi connectivity index (χ1v) is 10.3. The minimum Gasteiger partial charge on any atom is -0.471 e. The molecule has 11 nitrogen and oxygen atoms in total. The van der Waals surface area contributed by atoms with Crippen molar-refractivity contribution in [3.63, 3.8) is 0 Å². The highest BCUT2D eigenvalue weighted by Crippen LogP contribution is 2.26. The van der Waals surface area contributed by atoms with Gasteiger partial charge in [-0.15, -0.1) is 0 Å². The summed E-state index contributed by atoms with van der Waals surface area (Å²) in [5.74, 6) is 0.695. The summed E-state index contributed by atoms with van der Waals surface area (Å²) >= 11 is 5.77. The Morgan fingerprint density at radius 3 is 2.87 bits per heavy atom. The van der Waals surface area contributed by atoms with Crippen LogP contribution in [0.1, 0.15) is 5.69 Å². The van der Waals surface area contributed by atoms with Gasteiger partial charge in [0.1, 0.15) is 6.61 Å². The lowest BCUT2D eigenvalue weighted by Gasteiger charge is -2.06. The Morgan fingerprint density at radius 2 is 2.10 bits per heavy atom. The predicted molar refractivity (Wildman–Crippen MR) is 105 cm³/mol. The summed E-state index contributed by atoms with van der Waals surface area (Å²) in [5, 5.41) is 13.4. The third-order valence-electron chi connectivity index (χ3n) is 4.10. The second-order valence-electron chi connectivity index (χ2n) is 6.08. The van der Waals surface area contributed by atoms with Crippen LogP contribution in [0.4, 0.5) is 0 Å². The van der Waals surface area contributed by atoms with Crippen LogP contribution in [-0.2, 0) is 23.7 Å². The Bertz CT molecular complexity index is 1320. The molecule has 3 heterocycles. The summed E-state index contributed by atoms with van der Waals surface area (Å²) in [7, 11) is -2.12. The van der Waals surface area contributed by atoms with Crippen molar-refractivity contribution in [3.8, 4) is 28.7 Å². The molecule has 0 bridgehead atoms. The third kappa shape index (κ3) is 4.15. The first kappa shape index (κ1) is 19.9. The molecule has 0 aliphatic carbocycles. The molecule has 4 rings (SSSR count). The second-order valence-corrected chi connectivity index (χ2v) is 7.98. The lowest BCUT2D eigenvalue weighted by atomic mass is 10.2. The maximum Gasteiger partial charge on any atom is 0.261 e.